The number of nitrogens with two attached hydrogens (primary N) is 1. The number of aromatic nitrogens is 2. The van der Waals surface area contributed by atoms with Gasteiger partial charge in [0.1, 0.15) is 30.2 Å². The van der Waals surface area contributed by atoms with Gasteiger partial charge in [0, 0.05) is 18.2 Å². The van der Waals surface area contributed by atoms with Crippen LogP contribution in [0.2, 0.25) is 0 Å². The van der Waals surface area contributed by atoms with E-state index in [9.17, 15) is 32.1 Å². The van der Waals surface area contributed by atoms with Gasteiger partial charge in [0.15, 0.2) is 0 Å². The van der Waals surface area contributed by atoms with E-state index in [1.807, 2.05) is 49.4 Å². The van der Waals surface area contributed by atoms with E-state index in [2.05, 4.69) is 20.9 Å². The molecule has 264 valence electrons. The third kappa shape index (κ3) is 9.99. The number of carboxylic acids is 1. The Balaban J connectivity index is 0.000000698. The smallest absolute Gasteiger partial charge is 0.475 e. The van der Waals surface area contributed by atoms with Crippen LogP contribution in [0.1, 0.15) is 34.9 Å². The number of para-hydroxylation sites is 1. The van der Waals surface area contributed by atoms with Crippen molar-refractivity contribution in [3.05, 3.63) is 103 Å². The van der Waals surface area contributed by atoms with Crippen molar-refractivity contribution >= 4 is 41.8 Å². The van der Waals surface area contributed by atoms with Crippen molar-refractivity contribution in [2.75, 3.05) is 6.61 Å². The Kier molecular flexibility index (Phi) is 12.4. The van der Waals surface area contributed by atoms with Crippen LogP contribution in [-0.4, -0.2) is 57.6 Å². The van der Waals surface area contributed by atoms with E-state index in [1.165, 1.54) is 21.8 Å². The van der Waals surface area contributed by atoms with E-state index in [4.69, 9.17) is 38.7 Å². The summed E-state index contributed by atoms with van der Waals surface area (Å²) >= 11 is 3.12. The van der Waals surface area contributed by atoms with Crippen LogP contribution in [0, 0.1) is 6.92 Å². The van der Waals surface area contributed by atoms with Gasteiger partial charge >= 0.3 is 31.6 Å². The summed E-state index contributed by atoms with van der Waals surface area (Å²) in [5.74, 6) is -3.02. The Morgan fingerprint density at radius 1 is 1.20 bits per heavy atom. The molecule has 3 heterocycles. The summed E-state index contributed by atoms with van der Waals surface area (Å²) in [6, 6.07) is 13.7. The summed E-state index contributed by atoms with van der Waals surface area (Å²) in [5.41, 5.74) is 7.38. The number of H-pyrrole nitrogens is 1. The summed E-state index contributed by atoms with van der Waals surface area (Å²) < 4.78 is 74.8. The Labute approximate surface area is 284 Å². The van der Waals surface area contributed by atoms with Crippen LogP contribution in [0.3, 0.4) is 0 Å². The topological polar surface area (TPSA) is 198 Å². The lowest BCUT2D eigenvalue weighted by atomic mass is 10.1. The highest BCUT2D eigenvalue weighted by Gasteiger charge is 2.43. The number of carbonyl (C=O) groups excluding carboxylic acids is 1. The molecule has 0 bridgehead atoms. The Bertz CT molecular complexity index is 1850. The van der Waals surface area contributed by atoms with Gasteiger partial charge in [0.2, 0.25) is 0 Å². The number of halogens is 4. The van der Waals surface area contributed by atoms with Crippen molar-refractivity contribution in [2.45, 2.75) is 57.0 Å². The third-order valence-electron chi connectivity index (χ3n) is 7.11. The minimum atomic E-state index is -5.08. The van der Waals surface area contributed by atoms with Crippen molar-refractivity contribution in [2.24, 2.45) is 5.73 Å². The number of benzene rings is 2. The zero-order valence-corrected chi connectivity index (χ0v) is 28.0. The number of hydrogen-bond donors (Lipinski definition) is 3. The van der Waals surface area contributed by atoms with Crippen LogP contribution in [0.4, 0.5) is 13.2 Å². The van der Waals surface area contributed by atoms with Crippen LogP contribution in [-0.2, 0) is 45.7 Å². The number of nitrogens with zero attached hydrogens (tertiary/aromatic N) is 1. The van der Waals surface area contributed by atoms with Crippen molar-refractivity contribution in [3.63, 3.8) is 0 Å². The van der Waals surface area contributed by atoms with Crippen LogP contribution >= 0.6 is 23.8 Å². The van der Waals surface area contributed by atoms with Crippen molar-refractivity contribution < 1.29 is 55.5 Å². The highest BCUT2D eigenvalue weighted by molar-refractivity contribution is 9.11. The number of alkyl halides is 3. The van der Waals surface area contributed by atoms with Crippen LogP contribution in [0.5, 0.6) is 5.75 Å². The van der Waals surface area contributed by atoms with E-state index in [0.717, 1.165) is 16.7 Å². The number of carbonyl (C=O) groups is 2. The number of rotatable bonds is 9. The fourth-order valence-electron chi connectivity index (χ4n) is 4.71. The number of nitrogens with one attached hydrogen (secondary N) is 1. The summed E-state index contributed by atoms with van der Waals surface area (Å²) in [6.07, 6.45) is -4.89. The lowest BCUT2D eigenvalue weighted by Crippen LogP contribution is -2.39. The minimum Gasteiger partial charge on any atom is -0.475 e. The van der Waals surface area contributed by atoms with Gasteiger partial charge in [-0.2, -0.15) is 13.2 Å². The summed E-state index contributed by atoms with van der Waals surface area (Å²) in [6.45, 7) is 1.48. The third-order valence-corrected chi connectivity index (χ3v) is 8.69. The Morgan fingerprint density at radius 2 is 1.90 bits per heavy atom. The predicted octanol–water partition coefficient (Wildman–Crippen LogP) is 4.35. The van der Waals surface area contributed by atoms with E-state index >= 15 is 0 Å². The molecule has 49 heavy (non-hydrogen) atoms. The quantitative estimate of drug-likeness (QED) is 0.206. The second-order valence-corrected chi connectivity index (χ2v) is 12.8. The van der Waals surface area contributed by atoms with Gasteiger partial charge in [-0.15, -0.1) is 0 Å². The maximum Gasteiger partial charge on any atom is 0.530 e. The normalized spacial score (nSPS) is 22.4. The van der Waals surface area contributed by atoms with Gasteiger partial charge in [-0.1, -0.05) is 64.5 Å². The summed E-state index contributed by atoms with van der Waals surface area (Å²) in [7, 11) is -4.05. The molecule has 5 rings (SSSR count). The molecule has 3 aromatic rings. The fourth-order valence-corrected chi connectivity index (χ4v) is 6.28. The molecule has 0 radical (unpaired) electrons. The highest BCUT2D eigenvalue weighted by atomic mass is 79.9. The van der Waals surface area contributed by atoms with Crippen LogP contribution in [0.25, 0.3) is 6.08 Å². The van der Waals surface area contributed by atoms with Gasteiger partial charge in [0.25, 0.3) is 5.56 Å². The largest absolute Gasteiger partial charge is 0.530 e. The highest BCUT2D eigenvalue weighted by Crippen LogP contribution is 2.55. The molecule has 19 heteroatoms. The standard InChI is InChI=1S/C28H29BrN3O9P.C2HF3O2/c1-17-6-5-9-20-15-37-42(36,41-25(17)20)38-16-23-22(40-27(34)21(30)12-18-7-3-2-4-8-18)13-24(39-23)32-14-19(10-11-29)26(33)31-28(32)35;3-2(4,5)1(6)7/h2-11,14,21-24H,12-13,15-16,30H2,1H3,(H,31,33,35);(H,6,7)/b11-10+;/t21-,22-,23+,24+,42?;/m0./s1. The average Bonchev–Trinajstić information content (AvgIpc) is 3.44. The van der Waals surface area contributed by atoms with E-state index < -0.39 is 61.7 Å². The molecule has 14 nitrogen and oxygen atoms in total. The molecule has 1 aromatic heterocycles. The predicted molar refractivity (Wildman–Crippen MR) is 170 cm³/mol. The monoisotopic (exact) mass is 775 g/mol. The molecule has 0 aliphatic carbocycles. The first-order chi connectivity index (χ1) is 23.1. The maximum absolute atomic E-state index is 13.3. The first-order valence-electron chi connectivity index (χ1n) is 14.3. The summed E-state index contributed by atoms with van der Waals surface area (Å²) in [4.78, 5) is 50.5. The van der Waals surface area contributed by atoms with Crippen molar-refractivity contribution in [3.8, 4) is 5.75 Å². The molecule has 5 atom stereocenters. The number of aliphatic carboxylic acids is 1. The number of carboxylic acid groups (broad SMARTS) is 1. The first kappa shape index (κ1) is 37.8. The molecule has 2 aromatic carbocycles. The second-order valence-electron chi connectivity index (χ2n) is 10.7. The number of esters is 1. The summed E-state index contributed by atoms with van der Waals surface area (Å²) in [5, 5.41) is 7.12. The molecule has 4 N–H and O–H groups in total. The zero-order valence-electron chi connectivity index (χ0n) is 25.5. The SMILES string of the molecule is Cc1cccc2c1OP(=O)(OC[C@H]1O[C@@H](n3cc(/C=C/Br)c(=O)[nH]c3=O)C[C@@H]1OC(=O)[C@@H](N)Cc1ccccc1)OC2.O=C(O)C(F)(F)F. The number of phosphoric ester groups is 1. The lowest BCUT2D eigenvalue weighted by Gasteiger charge is -2.27. The van der Waals surface area contributed by atoms with Gasteiger partial charge < -0.3 is 24.8 Å². The second kappa shape index (κ2) is 16.1. The first-order valence-corrected chi connectivity index (χ1v) is 16.7. The Hall–Kier alpha value is -4.06. The molecule has 1 unspecified atom stereocenters. The van der Waals surface area contributed by atoms with Gasteiger partial charge in [0.05, 0.1) is 18.8 Å². The lowest BCUT2D eigenvalue weighted by molar-refractivity contribution is -0.192. The molecule has 1 fully saturated rings. The van der Waals surface area contributed by atoms with Gasteiger partial charge in [-0.25, -0.2) is 14.2 Å². The molecular formula is C30H30BrF3N3O11P. The number of aromatic amines is 1. The van der Waals surface area contributed by atoms with Crippen molar-refractivity contribution in [1.82, 2.24) is 9.55 Å². The number of aryl methyl sites for hydroxylation is 1. The molecule has 2 aliphatic rings. The average molecular weight is 776 g/mol. The fraction of sp³-hybridized carbons (Fsp3) is 0.333. The number of fused-ring (bicyclic) bond motifs is 1. The number of hydrogen-bond acceptors (Lipinski definition) is 11. The van der Waals surface area contributed by atoms with E-state index in [-0.39, 0.29) is 31.6 Å². The zero-order chi connectivity index (χ0) is 35.9. The van der Waals surface area contributed by atoms with Crippen molar-refractivity contribution in [1.29, 1.82) is 0 Å². The number of phosphoric acid groups is 1. The maximum atomic E-state index is 13.3. The molecule has 0 spiro atoms. The van der Waals surface area contributed by atoms with Crippen LogP contribution in [0.15, 0.2) is 69.3 Å². The molecule has 0 saturated carbocycles. The van der Waals surface area contributed by atoms with Gasteiger partial charge in [-0.3, -0.25) is 28.2 Å². The van der Waals surface area contributed by atoms with E-state index in [0.29, 0.717) is 5.75 Å². The van der Waals surface area contributed by atoms with Gasteiger partial charge in [-0.05, 0) is 35.5 Å². The molecule has 1 saturated heterocycles. The minimum absolute atomic E-state index is 0.0197. The van der Waals surface area contributed by atoms with E-state index in [1.54, 1.807) is 6.07 Å². The Morgan fingerprint density at radius 3 is 2.55 bits per heavy atom. The van der Waals surface area contributed by atoms with Crippen LogP contribution < -0.4 is 21.5 Å². The molecule has 2 aliphatic heterocycles. The molecule has 0 amide bonds. The number of ether oxygens (including phenoxy) is 2. The molecular weight excluding hydrogens is 746 g/mol.